The summed E-state index contributed by atoms with van der Waals surface area (Å²) < 4.78 is 16.0. The fourth-order valence-electron chi connectivity index (χ4n) is 3.18. The Balaban J connectivity index is 2.41. The van der Waals surface area contributed by atoms with Crippen LogP contribution >= 0.6 is 0 Å². The first-order valence-electron chi connectivity index (χ1n) is 7.66. The summed E-state index contributed by atoms with van der Waals surface area (Å²) in [5.74, 6) is 1.52. The van der Waals surface area contributed by atoms with Crippen molar-refractivity contribution in [1.82, 2.24) is 4.90 Å². The van der Waals surface area contributed by atoms with Crippen LogP contribution in [0.4, 0.5) is 0 Å². The maximum Gasteiger partial charge on any atom is 0.254 e. The second-order valence-corrected chi connectivity index (χ2v) is 5.76. The summed E-state index contributed by atoms with van der Waals surface area (Å²) in [6, 6.07) is 3.93. The van der Waals surface area contributed by atoms with Crippen molar-refractivity contribution in [2.75, 3.05) is 21.3 Å². The van der Waals surface area contributed by atoms with Crippen molar-refractivity contribution in [2.45, 2.75) is 45.2 Å². The molecule has 2 atom stereocenters. The zero-order chi connectivity index (χ0) is 16.3. The molecular formula is C17H25NO4. The molecule has 0 saturated carbocycles. The monoisotopic (exact) mass is 307 g/mol. The molecule has 0 spiro atoms. The highest BCUT2D eigenvalue weighted by Gasteiger charge is 2.30. The minimum Gasteiger partial charge on any atom is -0.493 e. The van der Waals surface area contributed by atoms with Crippen LogP contribution in [0.25, 0.3) is 0 Å². The highest BCUT2D eigenvalue weighted by atomic mass is 16.5. The third kappa shape index (κ3) is 2.98. The molecule has 0 aliphatic carbocycles. The van der Waals surface area contributed by atoms with Crippen molar-refractivity contribution in [3.8, 4) is 17.2 Å². The number of carbonyl (C=O) groups is 1. The lowest BCUT2D eigenvalue weighted by Gasteiger charge is -2.39. The Labute approximate surface area is 132 Å². The van der Waals surface area contributed by atoms with Gasteiger partial charge in [0.1, 0.15) is 0 Å². The van der Waals surface area contributed by atoms with E-state index in [1.54, 1.807) is 33.5 Å². The van der Waals surface area contributed by atoms with Gasteiger partial charge in [0.25, 0.3) is 5.91 Å². The van der Waals surface area contributed by atoms with Gasteiger partial charge in [0.2, 0.25) is 5.75 Å². The fraction of sp³-hybridized carbons (Fsp3) is 0.588. The lowest BCUT2D eigenvalue weighted by atomic mass is 9.96. The number of nitrogens with zero attached hydrogens (tertiary/aromatic N) is 1. The number of rotatable bonds is 4. The molecule has 1 heterocycles. The number of hydrogen-bond acceptors (Lipinski definition) is 4. The number of piperidine rings is 1. The number of hydrogen-bond donors (Lipinski definition) is 0. The maximum absolute atomic E-state index is 12.9. The Morgan fingerprint density at radius 2 is 1.50 bits per heavy atom. The second kappa shape index (κ2) is 6.90. The highest BCUT2D eigenvalue weighted by Crippen LogP contribution is 2.39. The van der Waals surface area contributed by atoms with Crippen LogP contribution in [0.1, 0.15) is 43.5 Å². The van der Waals surface area contributed by atoms with Crippen molar-refractivity contribution in [3.63, 3.8) is 0 Å². The van der Waals surface area contributed by atoms with Gasteiger partial charge in [0.15, 0.2) is 11.5 Å². The zero-order valence-corrected chi connectivity index (χ0v) is 14.0. The van der Waals surface area contributed by atoms with Gasteiger partial charge in [-0.25, -0.2) is 0 Å². The van der Waals surface area contributed by atoms with Gasteiger partial charge in [-0.3, -0.25) is 4.79 Å². The second-order valence-electron chi connectivity index (χ2n) is 5.76. The quantitative estimate of drug-likeness (QED) is 0.857. The van der Waals surface area contributed by atoms with E-state index in [9.17, 15) is 4.79 Å². The van der Waals surface area contributed by atoms with Gasteiger partial charge in [0.05, 0.1) is 21.3 Å². The zero-order valence-electron chi connectivity index (χ0n) is 14.0. The average molecular weight is 307 g/mol. The van der Waals surface area contributed by atoms with Crippen LogP contribution in [-0.4, -0.2) is 44.2 Å². The Bertz CT molecular complexity index is 508. The van der Waals surface area contributed by atoms with E-state index in [0.717, 1.165) is 12.8 Å². The van der Waals surface area contributed by atoms with Gasteiger partial charge in [-0.2, -0.15) is 0 Å². The molecule has 22 heavy (non-hydrogen) atoms. The fourth-order valence-corrected chi connectivity index (χ4v) is 3.18. The molecule has 1 aliphatic rings. The molecule has 0 aromatic heterocycles. The Hall–Kier alpha value is -1.91. The minimum absolute atomic E-state index is 0.0129. The van der Waals surface area contributed by atoms with Gasteiger partial charge >= 0.3 is 0 Å². The molecule has 1 aromatic rings. The molecule has 1 aliphatic heterocycles. The predicted molar refractivity (Wildman–Crippen MR) is 85.0 cm³/mol. The predicted octanol–water partition coefficient (Wildman–Crippen LogP) is 3.12. The minimum atomic E-state index is 0.0129. The van der Waals surface area contributed by atoms with E-state index < -0.39 is 0 Å². The molecule has 0 radical (unpaired) electrons. The molecule has 5 nitrogen and oxygen atoms in total. The summed E-state index contributed by atoms with van der Waals surface area (Å²) in [4.78, 5) is 14.9. The van der Waals surface area contributed by atoms with Gasteiger partial charge in [0, 0.05) is 17.6 Å². The van der Waals surface area contributed by atoms with Crippen LogP contribution < -0.4 is 14.2 Å². The number of ether oxygens (including phenoxy) is 3. The van der Waals surface area contributed by atoms with Gasteiger partial charge in [-0.1, -0.05) is 0 Å². The Morgan fingerprint density at radius 3 is 1.91 bits per heavy atom. The summed E-state index contributed by atoms with van der Waals surface area (Å²) in [6.45, 7) is 4.21. The van der Waals surface area contributed by atoms with Crippen molar-refractivity contribution in [1.29, 1.82) is 0 Å². The molecule has 0 N–H and O–H groups in total. The number of carbonyl (C=O) groups excluding carboxylic acids is 1. The van der Waals surface area contributed by atoms with E-state index in [1.807, 2.05) is 4.90 Å². The SMILES string of the molecule is COc1cc(C(=O)N2[C@@H](C)CCC[C@@H]2C)cc(OC)c1OC. The number of likely N-dealkylation sites (tertiary alicyclic amines) is 1. The third-order valence-corrected chi connectivity index (χ3v) is 4.34. The van der Waals surface area contributed by atoms with Crippen LogP contribution in [0, 0.1) is 0 Å². The van der Waals surface area contributed by atoms with E-state index in [0.29, 0.717) is 22.8 Å². The number of amides is 1. The summed E-state index contributed by atoms with van der Waals surface area (Å²) >= 11 is 0. The van der Waals surface area contributed by atoms with Crippen molar-refractivity contribution >= 4 is 5.91 Å². The smallest absolute Gasteiger partial charge is 0.254 e. The summed E-state index contributed by atoms with van der Waals surface area (Å²) in [6.07, 6.45) is 3.25. The first kappa shape index (κ1) is 16.5. The van der Waals surface area contributed by atoms with E-state index in [-0.39, 0.29) is 18.0 Å². The van der Waals surface area contributed by atoms with Crippen molar-refractivity contribution in [3.05, 3.63) is 17.7 Å². The van der Waals surface area contributed by atoms with Crippen LogP contribution in [0.5, 0.6) is 17.2 Å². The van der Waals surface area contributed by atoms with E-state index in [4.69, 9.17) is 14.2 Å². The molecule has 122 valence electrons. The first-order valence-corrected chi connectivity index (χ1v) is 7.66. The van der Waals surface area contributed by atoms with Gasteiger partial charge in [-0.15, -0.1) is 0 Å². The normalized spacial score (nSPS) is 21.4. The standard InChI is InChI=1S/C17H25NO4/c1-11-7-6-8-12(2)18(11)17(19)13-9-14(20-3)16(22-5)15(10-13)21-4/h9-12H,6-8H2,1-5H3/t11-,12-/m0/s1. The summed E-state index contributed by atoms with van der Waals surface area (Å²) in [7, 11) is 4.66. The topological polar surface area (TPSA) is 48.0 Å². The number of methoxy groups -OCH3 is 3. The average Bonchev–Trinajstić information content (AvgIpc) is 2.52. The molecule has 2 rings (SSSR count). The van der Waals surface area contributed by atoms with Crippen LogP contribution in [0.2, 0.25) is 0 Å². The molecule has 1 saturated heterocycles. The van der Waals surface area contributed by atoms with E-state index in [1.165, 1.54) is 6.42 Å². The van der Waals surface area contributed by atoms with Gasteiger partial charge < -0.3 is 19.1 Å². The van der Waals surface area contributed by atoms with Crippen molar-refractivity contribution < 1.29 is 19.0 Å². The lowest BCUT2D eigenvalue weighted by molar-refractivity contribution is 0.0510. The maximum atomic E-state index is 12.9. The van der Waals surface area contributed by atoms with Gasteiger partial charge in [-0.05, 0) is 45.2 Å². The Morgan fingerprint density at radius 1 is 1.00 bits per heavy atom. The molecule has 1 fully saturated rings. The van der Waals surface area contributed by atoms with Crippen molar-refractivity contribution in [2.24, 2.45) is 0 Å². The van der Waals surface area contributed by atoms with Crippen LogP contribution in [0.15, 0.2) is 12.1 Å². The molecule has 1 aromatic carbocycles. The third-order valence-electron chi connectivity index (χ3n) is 4.34. The van der Waals surface area contributed by atoms with Crippen LogP contribution in [-0.2, 0) is 0 Å². The number of benzene rings is 1. The summed E-state index contributed by atoms with van der Waals surface area (Å²) in [5.41, 5.74) is 0.565. The van der Waals surface area contributed by atoms with E-state index >= 15 is 0 Å². The largest absolute Gasteiger partial charge is 0.493 e. The lowest BCUT2D eigenvalue weighted by Crippen LogP contribution is -2.47. The highest BCUT2D eigenvalue weighted by molar-refractivity contribution is 5.96. The molecule has 0 bridgehead atoms. The van der Waals surface area contributed by atoms with Crippen LogP contribution in [0.3, 0.4) is 0 Å². The first-order chi connectivity index (χ1) is 10.5. The molecule has 1 amide bonds. The van der Waals surface area contributed by atoms with E-state index in [2.05, 4.69) is 13.8 Å². The molecule has 5 heteroatoms. The Kier molecular flexibility index (Phi) is 5.16. The molecular weight excluding hydrogens is 282 g/mol. The molecule has 0 unspecified atom stereocenters. The summed E-state index contributed by atoms with van der Waals surface area (Å²) in [5, 5.41) is 0.